The molecule has 0 saturated carbocycles. The molecule has 0 bridgehead atoms. The zero-order chi connectivity index (χ0) is 16.1. The average molecular weight is 303 g/mol. The number of nitrogens with zero attached hydrogens (tertiary/aromatic N) is 3. The van der Waals surface area contributed by atoms with Crippen molar-refractivity contribution in [3.8, 4) is 0 Å². The predicted octanol–water partition coefficient (Wildman–Crippen LogP) is 4.83. The van der Waals surface area contributed by atoms with Crippen LogP contribution in [0.1, 0.15) is 19.4 Å². The maximum absolute atomic E-state index is 4.61. The highest BCUT2D eigenvalue weighted by atomic mass is 15.1. The highest BCUT2D eigenvalue weighted by molar-refractivity contribution is 5.98. The second kappa shape index (κ2) is 7.05. The molecule has 0 spiro atoms. The average Bonchev–Trinajstić information content (AvgIpc) is 2.62. The molecule has 0 amide bonds. The van der Waals surface area contributed by atoms with E-state index in [0.717, 1.165) is 35.2 Å². The van der Waals surface area contributed by atoms with Crippen LogP contribution < -0.4 is 4.90 Å². The first kappa shape index (κ1) is 15.2. The summed E-state index contributed by atoms with van der Waals surface area (Å²) in [6.07, 6.45) is 3.74. The van der Waals surface area contributed by atoms with Crippen LogP contribution in [0.2, 0.25) is 0 Å². The lowest BCUT2D eigenvalue weighted by Crippen LogP contribution is -2.21. The van der Waals surface area contributed by atoms with Crippen molar-refractivity contribution in [3.05, 3.63) is 66.4 Å². The van der Waals surface area contributed by atoms with Crippen LogP contribution in [-0.2, 0) is 0 Å². The number of aromatic nitrogens is 1. The van der Waals surface area contributed by atoms with Gasteiger partial charge in [0.05, 0.1) is 11.2 Å². The Balaban J connectivity index is 1.85. The van der Waals surface area contributed by atoms with Gasteiger partial charge in [-0.05, 0) is 50.2 Å². The van der Waals surface area contributed by atoms with Gasteiger partial charge in [-0.25, -0.2) is 0 Å². The molecular weight excluding hydrogens is 282 g/mol. The first-order chi connectivity index (χ1) is 11.3. The zero-order valence-corrected chi connectivity index (χ0v) is 13.6. The number of fused-ring (bicyclic) bond motifs is 1. The van der Waals surface area contributed by atoms with E-state index < -0.39 is 0 Å². The molecule has 116 valence electrons. The van der Waals surface area contributed by atoms with Crippen LogP contribution in [0.5, 0.6) is 0 Å². The van der Waals surface area contributed by atoms with E-state index in [1.807, 2.05) is 36.7 Å². The third-order valence-corrected chi connectivity index (χ3v) is 4.01. The van der Waals surface area contributed by atoms with E-state index in [4.69, 9.17) is 0 Å². The first-order valence-electron chi connectivity index (χ1n) is 8.04. The fourth-order valence-corrected chi connectivity index (χ4v) is 2.71. The molecule has 3 rings (SSSR count). The minimum Gasteiger partial charge on any atom is -0.372 e. The molecule has 1 aromatic heterocycles. The van der Waals surface area contributed by atoms with Crippen molar-refractivity contribution in [2.24, 2.45) is 4.99 Å². The van der Waals surface area contributed by atoms with Crippen molar-refractivity contribution >= 4 is 28.5 Å². The van der Waals surface area contributed by atoms with Crippen LogP contribution in [-0.4, -0.2) is 24.3 Å². The summed E-state index contributed by atoms with van der Waals surface area (Å²) in [4.78, 5) is 11.3. The fraction of sp³-hybridized carbons (Fsp3) is 0.200. The van der Waals surface area contributed by atoms with E-state index in [0.29, 0.717) is 0 Å². The third-order valence-electron chi connectivity index (χ3n) is 4.01. The van der Waals surface area contributed by atoms with Crippen molar-refractivity contribution < 1.29 is 0 Å². The molecule has 0 aliphatic carbocycles. The molecular formula is C20H21N3. The first-order valence-corrected chi connectivity index (χ1v) is 8.04. The molecule has 0 atom stereocenters. The van der Waals surface area contributed by atoms with E-state index in [2.05, 4.69) is 59.1 Å². The summed E-state index contributed by atoms with van der Waals surface area (Å²) in [6.45, 7) is 6.37. The quantitative estimate of drug-likeness (QED) is 0.631. The Morgan fingerprint density at radius 3 is 2.43 bits per heavy atom. The summed E-state index contributed by atoms with van der Waals surface area (Å²) in [6, 6.07) is 18.5. The molecule has 0 N–H and O–H groups in total. The molecule has 1 heterocycles. The number of hydrogen-bond acceptors (Lipinski definition) is 3. The third kappa shape index (κ3) is 3.39. The van der Waals surface area contributed by atoms with E-state index in [9.17, 15) is 0 Å². The number of rotatable bonds is 5. The summed E-state index contributed by atoms with van der Waals surface area (Å²) >= 11 is 0. The maximum Gasteiger partial charge on any atom is 0.0708 e. The van der Waals surface area contributed by atoms with Gasteiger partial charge in [-0.3, -0.25) is 9.98 Å². The molecule has 0 radical (unpaired) electrons. The molecule has 23 heavy (non-hydrogen) atoms. The van der Waals surface area contributed by atoms with Gasteiger partial charge in [-0.1, -0.05) is 18.2 Å². The number of aliphatic imine (C=N–C) groups is 1. The Morgan fingerprint density at radius 2 is 1.70 bits per heavy atom. The SMILES string of the molecule is CCN(CC)c1ccc(N=Cc2ccnc3ccccc23)cc1. The standard InChI is InChI=1S/C20H21N3/c1-3-23(4-2)18-11-9-17(10-12-18)22-15-16-13-14-21-20-8-6-5-7-19(16)20/h5-15H,3-4H2,1-2H3. The summed E-state index contributed by atoms with van der Waals surface area (Å²) in [5.74, 6) is 0. The Bertz CT molecular complexity index is 797. The van der Waals surface area contributed by atoms with Gasteiger partial charge in [-0.2, -0.15) is 0 Å². The van der Waals surface area contributed by atoms with Gasteiger partial charge in [0.2, 0.25) is 0 Å². The molecule has 2 aromatic carbocycles. The molecule has 3 heteroatoms. The van der Waals surface area contributed by atoms with Crippen LogP contribution >= 0.6 is 0 Å². The Kier molecular flexibility index (Phi) is 4.67. The smallest absolute Gasteiger partial charge is 0.0708 e. The van der Waals surface area contributed by atoms with Gasteiger partial charge in [0, 0.05) is 42.1 Å². The summed E-state index contributed by atoms with van der Waals surface area (Å²) in [7, 11) is 0. The van der Waals surface area contributed by atoms with Gasteiger partial charge in [0.1, 0.15) is 0 Å². The van der Waals surface area contributed by atoms with E-state index in [1.54, 1.807) is 0 Å². The number of para-hydroxylation sites is 1. The second-order valence-electron chi connectivity index (χ2n) is 5.36. The van der Waals surface area contributed by atoms with Crippen molar-refractivity contribution in [2.75, 3.05) is 18.0 Å². The minimum atomic E-state index is 0.960. The van der Waals surface area contributed by atoms with Gasteiger partial charge in [-0.15, -0.1) is 0 Å². The molecule has 0 fully saturated rings. The van der Waals surface area contributed by atoms with Gasteiger partial charge in [0.25, 0.3) is 0 Å². The van der Waals surface area contributed by atoms with E-state index >= 15 is 0 Å². The lowest BCUT2D eigenvalue weighted by Gasteiger charge is -2.20. The molecule has 3 aromatic rings. The van der Waals surface area contributed by atoms with Crippen LogP contribution in [0.4, 0.5) is 11.4 Å². The van der Waals surface area contributed by atoms with Crippen molar-refractivity contribution in [1.82, 2.24) is 4.98 Å². The van der Waals surface area contributed by atoms with Gasteiger partial charge < -0.3 is 4.90 Å². The van der Waals surface area contributed by atoms with Gasteiger partial charge in [0.15, 0.2) is 0 Å². The Hall–Kier alpha value is -2.68. The summed E-state index contributed by atoms with van der Waals surface area (Å²) in [5.41, 5.74) is 4.28. The maximum atomic E-state index is 4.61. The van der Waals surface area contributed by atoms with Crippen molar-refractivity contribution in [3.63, 3.8) is 0 Å². The highest BCUT2D eigenvalue weighted by Crippen LogP contribution is 2.20. The van der Waals surface area contributed by atoms with Crippen LogP contribution in [0.15, 0.2) is 65.8 Å². The van der Waals surface area contributed by atoms with E-state index in [-0.39, 0.29) is 0 Å². The lowest BCUT2D eigenvalue weighted by molar-refractivity contribution is 0.866. The fourth-order valence-electron chi connectivity index (χ4n) is 2.71. The Morgan fingerprint density at radius 1 is 0.957 bits per heavy atom. The molecule has 0 saturated heterocycles. The highest BCUT2D eigenvalue weighted by Gasteiger charge is 2.01. The number of pyridine rings is 1. The molecule has 0 unspecified atom stereocenters. The molecule has 0 aliphatic heterocycles. The lowest BCUT2D eigenvalue weighted by atomic mass is 10.1. The largest absolute Gasteiger partial charge is 0.372 e. The topological polar surface area (TPSA) is 28.5 Å². The minimum absolute atomic E-state index is 0.960. The number of anilines is 1. The van der Waals surface area contributed by atoms with Crippen molar-refractivity contribution in [1.29, 1.82) is 0 Å². The predicted molar refractivity (Wildman–Crippen MR) is 99.0 cm³/mol. The molecule has 0 aliphatic rings. The second-order valence-corrected chi connectivity index (χ2v) is 5.36. The van der Waals surface area contributed by atoms with Crippen molar-refractivity contribution in [2.45, 2.75) is 13.8 Å². The normalized spacial score (nSPS) is 11.2. The number of benzene rings is 2. The van der Waals surface area contributed by atoms with Gasteiger partial charge >= 0.3 is 0 Å². The van der Waals surface area contributed by atoms with Crippen LogP contribution in [0.25, 0.3) is 10.9 Å². The zero-order valence-electron chi connectivity index (χ0n) is 13.6. The van der Waals surface area contributed by atoms with E-state index in [1.165, 1.54) is 5.69 Å². The molecule has 3 nitrogen and oxygen atoms in total. The summed E-state index contributed by atoms with van der Waals surface area (Å²) in [5, 5.41) is 1.12. The number of hydrogen-bond donors (Lipinski definition) is 0. The summed E-state index contributed by atoms with van der Waals surface area (Å²) < 4.78 is 0. The van der Waals surface area contributed by atoms with Crippen LogP contribution in [0.3, 0.4) is 0 Å². The monoisotopic (exact) mass is 303 g/mol. The Labute approximate surface area is 137 Å². The van der Waals surface area contributed by atoms with Crippen LogP contribution in [0, 0.1) is 0 Å².